The molecule has 3 aliphatic rings. The molecule has 4 N–H and O–H groups in total. The van der Waals surface area contributed by atoms with E-state index in [1.54, 1.807) is 0 Å². The van der Waals surface area contributed by atoms with E-state index >= 15 is 0 Å². The summed E-state index contributed by atoms with van der Waals surface area (Å²) in [5.41, 5.74) is 0. The van der Waals surface area contributed by atoms with E-state index in [1.165, 1.54) is 0 Å². The van der Waals surface area contributed by atoms with Crippen molar-refractivity contribution in [1.82, 2.24) is 20.9 Å². The number of fused-ring (bicyclic) bond motifs is 1. The molecule has 0 aromatic carbocycles. The van der Waals surface area contributed by atoms with Gasteiger partial charge in [0, 0.05) is 30.0 Å². The van der Waals surface area contributed by atoms with Crippen LogP contribution in [0.4, 0.5) is 4.79 Å². The molecule has 3 saturated heterocycles. The van der Waals surface area contributed by atoms with E-state index in [-0.39, 0.29) is 30.1 Å². The van der Waals surface area contributed by atoms with Gasteiger partial charge in [0.1, 0.15) is 6.04 Å². The Morgan fingerprint density at radius 3 is 2.83 bits per heavy atom. The van der Waals surface area contributed by atoms with E-state index in [1.807, 2.05) is 16.7 Å². The number of carbonyl (C=O) groups excluding carboxylic acids is 2. The smallest absolute Gasteiger partial charge is 0.320 e. The number of carboxylic acid groups (broad SMARTS) is 1. The number of hydrogen-bond donors (Lipinski definition) is 4. The van der Waals surface area contributed by atoms with E-state index in [0.717, 1.165) is 44.4 Å². The van der Waals surface area contributed by atoms with E-state index in [2.05, 4.69) is 29.8 Å². The van der Waals surface area contributed by atoms with Crippen LogP contribution in [0.5, 0.6) is 0 Å². The maximum atomic E-state index is 12.5. The zero-order chi connectivity index (χ0) is 21.7. The zero-order valence-electron chi connectivity index (χ0n) is 18.1. The topological polar surface area (TPSA) is 111 Å². The minimum atomic E-state index is -0.761. The lowest BCUT2D eigenvalue weighted by molar-refractivity contribution is -0.142. The Morgan fingerprint density at radius 2 is 2.10 bits per heavy atom. The number of thioether (sulfide) groups is 1. The second-order valence-electron chi connectivity index (χ2n) is 9.25. The molecule has 3 rings (SSSR count). The molecule has 3 aliphatic heterocycles. The first kappa shape index (κ1) is 23.2. The van der Waals surface area contributed by atoms with Gasteiger partial charge in [0.15, 0.2) is 0 Å². The number of nitrogens with one attached hydrogen (secondary N) is 3. The Balaban J connectivity index is 1.38. The summed E-state index contributed by atoms with van der Waals surface area (Å²) in [5, 5.41) is 19.0. The van der Waals surface area contributed by atoms with Crippen molar-refractivity contribution in [2.45, 2.75) is 88.2 Å². The predicted octanol–water partition coefficient (Wildman–Crippen LogP) is 1.79. The van der Waals surface area contributed by atoms with Crippen molar-refractivity contribution in [2.24, 2.45) is 5.92 Å². The molecule has 3 amide bonds. The Labute approximate surface area is 183 Å². The monoisotopic (exact) mass is 440 g/mol. The molecule has 3 heterocycles. The molecule has 0 bridgehead atoms. The summed E-state index contributed by atoms with van der Waals surface area (Å²) in [6, 6.07) is -0.0329. The van der Waals surface area contributed by atoms with E-state index in [9.17, 15) is 19.5 Å². The minimum absolute atomic E-state index is 0.0108. The van der Waals surface area contributed by atoms with Crippen molar-refractivity contribution in [2.75, 3.05) is 18.8 Å². The summed E-state index contributed by atoms with van der Waals surface area (Å²) in [6.45, 7) is 5.64. The van der Waals surface area contributed by atoms with Crippen LogP contribution in [0.3, 0.4) is 0 Å². The molecular weight excluding hydrogens is 404 g/mol. The molecule has 0 aromatic heterocycles. The maximum Gasteiger partial charge on any atom is 0.320 e. The molecule has 3 fully saturated rings. The Bertz CT molecular complexity index is 632. The molecule has 9 heteroatoms. The number of amides is 3. The average Bonchev–Trinajstić information content (AvgIpc) is 3.34. The summed E-state index contributed by atoms with van der Waals surface area (Å²) < 4.78 is 0. The first-order valence-electron chi connectivity index (χ1n) is 11.3. The van der Waals surface area contributed by atoms with Crippen molar-refractivity contribution in [3.05, 3.63) is 0 Å². The molecule has 0 spiro atoms. The Hall–Kier alpha value is -1.48. The van der Waals surface area contributed by atoms with Gasteiger partial charge in [-0.3, -0.25) is 14.5 Å². The summed E-state index contributed by atoms with van der Waals surface area (Å²) >= 11 is 1.90. The van der Waals surface area contributed by atoms with Crippen molar-refractivity contribution in [1.29, 1.82) is 0 Å². The number of urea groups is 1. The molecule has 3 unspecified atom stereocenters. The van der Waals surface area contributed by atoms with Gasteiger partial charge in [-0.1, -0.05) is 20.3 Å². The zero-order valence-corrected chi connectivity index (χ0v) is 18.9. The fourth-order valence-corrected chi connectivity index (χ4v) is 6.47. The highest BCUT2D eigenvalue weighted by molar-refractivity contribution is 8.00. The van der Waals surface area contributed by atoms with Gasteiger partial charge < -0.3 is 21.1 Å². The van der Waals surface area contributed by atoms with Gasteiger partial charge in [0.2, 0.25) is 5.91 Å². The predicted molar refractivity (Wildman–Crippen MR) is 118 cm³/mol. The van der Waals surface area contributed by atoms with Gasteiger partial charge in [-0.05, 0) is 44.6 Å². The number of aliphatic carboxylic acids is 1. The van der Waals surface area contributed by atoms with Crippen LogP contribution in [0.25, 0.3) is 0 Å². The van der Waals surface area contributed by atoms with Crippen molar-refractivity contribution >= 4 is 29.7 Å². The van der Waals surface area contributed by atoms with Gasteiger partial charge in [-0.2, -0.15) is 11.8 Å². The molecular formula is C21H36N4O4S. The van der Waals surface area contributed by atoms with Crippen LogP contribution in [0, 0.1) is 5.92 Å². The van der Waals surface area contributed by atoms with Gasteiger partial charge >= 0.3 is 12.0 Å². The second kappa shape index (κ2) is 10.7. The summed E-state index contributed by atoms with van der Waals surface area (Å²) in [4.78, 5) is 37.4. The lowest BCUT2D eigenvalue weighted by atomic mass is 10.0. The third-order valence-corrected chi connectivity index (χ3v) is 7.81. The summed E-state index contributed by atoms with van der Waals surface area (Å²) in [6.07, 6.45) is 5.73. The van der Waals surface area contributed by atoms with E-state index in [0.29, 0.717) is 30.6 Å². The second-order valence-corrected chi connectivity index (χ2v) is 10.5. The summed E-state index contributed by atoms with van der Waals surface area (Å²) in [7, 11) is 0. The molecule has 170 valence electrons. The minimum Gasteiger partial charge on any atom is -0.480 e. The lowest BCUT2D eigenvalue weighted by Gasteiger charge is -2.28. The number of rotatable bonds is 11. The average molecular weight is 441 g/mol. The van der Waals surface area contributed by atoms with Crippen molar-refractivity contribution in [3.63, 3.8) is 0 Å². The first-order chi connectivity index (χ1) is 14.3. The number of carbonyl (C=O) groups is 3. The highest BCUT2D eigenvalue weighted by atomic mass is 32.2. The van der Waals surface area contributed by atoms with Crippen LogP contribution >= 0.6 is 11.8 Å². The molecule has 0 aliphatic carbocycles. The fourth-order valence-electron chi connectivity index (χ4n) is 4.93. The standard InChI is InChI=1S/C21H36N4O4S/c1-13(2)10-14(11-25-9-5-6-16(25)20(27)28)22-18(26)8-4-3-7-17-19-15(12-30-17)23-21(29)24-19/h13-17,19H,3-12H2,1-2H3,(H,22,26)(H,27,28)(H2,23,24,29)/t14-,15?,16-,17?,19?/m0/s1. The Morgan fingerprint density at radius 1 is 1.30 bits per heavy atom. The van der Waals surface area contributed by atoms with Gasteiger partial charge in [0.25, 0.3) is 0 Å². The van der Waals surface area contributed by atoms with Crippen LogP contribution in [-0.4, -0.2) is 76.2 Å². The number of carboxylic acids is 1. The summed E-state index contributed by atoms with van der Waals surface area (Å²) in [5.74, 6) is 0.685. The van der Waals surface area contributed by atoms with Gasteiger partial charge in [-0.15, -0.1) is 0 Å². The SMILES string of the molecule is CC(C)C[C@@H](CN1CCC[C@H]1C(=O)O)NC(=O)CCCCC1SCC2NC(=O)NC21. The van der Waals surface area contributed by atoms with Gasteiger partial charge in [0.05, 0.1) is 12.1 Å². The molecule has 30 heavy (non-hydrogen) atoms. The number of likely N-dealkylation sites (tertiary alicyclic amines) is 1. The van der Waals surface area contributed by atoms with Gasteiger partial charge in [-0.25, -0.2) is 4.79 Å². The number of unbranched alkanes of at least 4 members (excludes halogenated alkanes) is 1. The van der Waals surface area contributed by atoms with Crippen LogP contribution in [0.2, 0.25) is 0 Å². The normalized spacial score (nSPS) is 29.5. The quantitative estimate of drug-likeness (QED) is 0.288. The lowest BCUT2D eigenvalue weighted by Crippen LogP contribution is -2.47. The molecule has 0 saturated carbocycles. The highest BCUT2D eigenvalue weighted by Crippen LogP contribution is 2.33. The highest BCUT2D eigenvalue weighted by Gasteiger charge is 2.42. The third-order valence-electron chi connectivity index (χ3n) is 6.31. The van der Waals surface area contributed by atoms with Crippen LogP contribution in [0.15, 0.2) is 0 Å². The first-order valence-corrected chi connectivity index (χ1v) is 12.3. The third kappa shape index (κ3) is 6.26. The molecule has 0 radical (unpaired) electrons. The van der Waals surface area contributed by atoms with Crippen LogP contribution in [0.1, 0.15) is 58.8 Å². The van der Waals surface area contributed by atoms with E-state index < -0.39 is 12.0 Å². The Kier molecular flexibility index (Phi) is 8.27. The largest absolute Gasteiger partial charge is 0.480 e. The number of nitrogens with zero attached hydrogens (tertiary/aromatic N) is 1. The molecule has 8 nitrogen and oxygen atoms in total. The number of hydrogen-bond acceptors (Lipinski definition) is 5. The fraction of sp³-hybridized carbons (Fsp3) is 0.857. The molecule has 0 aromatic rings. The van der Waals surface area contributed by atoms with Crippen LogP contribution < -0.4 is 16.0 Å². The van der Waals surface area contributed by atoms with E-state index in [4.69, 9.17) is 0 Å². The molecule has 5 atom stereocenters. The van der Waals surface area contributed by atoms with Crippen molar-refractivity contribution in [3.8, 4) is 0 Å². The van der Waals surface area contributed by atoms with Crippen molar-refractivity contribution < 1.29 is 19.5 Å². The van der Waals surface area contributed by atoms with Crippen LogP contribution in [-0.2, 0) is 9.59 Å². The maximum absolute atomic E-state index is 12.5.